The van der Waals surface area contributed by atoms with Crippen LogP contribution in [0.25, 0.3) is 11.0 Å². The number of thiophene rings is 2. The van der Waals surface area contributed by atoms with E-state index in [1.165, 1.54) is 27.6 Å². The number of furan rings is 1. The molecule has 1 amide bonds. The number of carbonyl (C=O) groups excluding carboxylic acids is 2. The van der Waals surface area contributed by atoms with E-state index in [4.69, 9.17) is 16.0 Å². The van der Waals surface area contributed by atoms with Gasteiger partial charge in [-0.3, -0.25) is 9.59 Å². The molecular weight excluding hydrogens is 442 g/mol. The Hall–Kier alpha value is -2.87. The minimum Gasteiger partial charge on any atom is -0.503 e. The Kier molecular flexibility index (Phi) is 4.73. The van der Waals surface area contributed by atoms with Crippen molar-refractivity contribution >= 4 is 56.9 Å². The first kappa shape index (κ1) is 19.1. The van der Waals surface area contributed by atoms with Gasteiger partial charge in [0, 0.05) is 20.2 Å². The molecule has 0 bridgehead atoms. The van der Waals surface area contributed by atoms with Crippen LogP contribution in [0.15, 0.2) is 75.0 Å². The second-order valence-electron chi connectivity index (χ2n) is 6.81. The van der Waals surface area contributed by atoms with Gasteiger partial charge in [-0.2, -0.15) is 0 Å². The third kappa shape index (κ3) is 3.15. The number of hydrogen-bond acceptors (Lipinski definition) is 6. The number of fused-ring (bicyclic) bond motifs is 1. The van der Waals surface area contributed by atoms with Crippen molar-refractivity contribution in [3.05, 3.63) is 91.2 Å². The van der Waals surface area contributed by atoms with E-state index in [0.717, 1.165) is 9.75 Å². The summed E-state index contributed by atoms with van der Waals surface area (Å²) in [6.45, 7) is 0.301. The van der Waals surface area contributed by atoms with E-state index in [2.05, 4.69) is 0 Å². The zero-order valence-electron chi connectivity index (χ0n) is 15.4. The summed E-state index contributed by atoms with van der Waals surface area (Å²) in [5.41, 5.74) is 0.541. The number of aliphatic hydroxyl groups excluding tert-OH is 1. The van der Waals surface area contributed by atoms with Gasteiger partial charge >= 0.3 is 0 Å². The van der Waals surface area contributed by atoms with Crippen molar-refractivity contribution in [1.82, 2.24) is 4.90 Å². The summed E-state index contributed by atoms with van der Waals surface area (Å²) in [5.74, 6) is -1.56. The van der Waals surface area contributed by atoms with E-state index in [-0.39, 0.29) is 11.3 Å². The molecule has 0 aliphatic carbocycles. The van der Waals surface area contributed by atoms with Gasteiger partial charge < -0.3 is 14.4 Å². The molecule has 30 heavy (non-hydrogen) atoms. The average molecular weight is 456 g/mol. The predicted molar refractivity (Wildman–Crippen MR) is 117 cm³/mol. The molecule has 1 N–H and O–H groups in total. The number of ketones is 1. The van der Waals surface area contributed by atoms with Crippen LogP contribution in [0.1, 0.15) is 26.4 Å². The highest BCUT2D eigenvalue weighted by molar-refractivity contribution is 7.10. The molecule has 5 nitrogen and oxygen atoms in total. The summed E-state index contributed by atoms with van der Waals surface area (Å²) in [4.78, 5) is 29.6. The number of Topliss-reactive ketones (excluding diaryl/α,β-unsaturated/α-hetero) is 1. The summed E-state index contributed by atoms with van der Waals surface area (Å²) in [5, 5.41) is 15.7. The number of aliphatic hydroxyl groups is 1. The molecule has 1 aliphatic rings. The Morgan fingerprint density at radius 1 is 1.13 bits per heavy atom. The zero-order valence-corrected chi connectivity index (χ0v) is 17.8. The van der Waals surface area contributed by atoms with Crippen LogP contribution in [0.4, 0.5) is 0 Å². The summed E-state index contributed by atoms with van der Waals surface area (Å²) < 4.78 is 5.71. The lowest BCUT2D eigenvalue weighted by Gasteiger charge is -2.24. The molecule has 8 heteroatoms. The molecule has 1 unspecified atom stereocenters. The van der Waals surface area contributed by atoms with Gasteiger partial charge in [0.1, 0.15) is 11.6 Å². The van der Waals surface area contributed by atoms with Gasteiger partial charge in [0.2, 0.25) is 5.78 Å². The monoisotopic (exact) mass is 455 g/mol. The number of halogens is 1. The molecular formula is C22H14ClNO4S2. The zero-order chi connectivity index (χ0) is 20.8. The highest BCUT2D eigenvalue weighted by Crippen LogP contribution is 2.42. The smallest absolute Gasteiger partial charge is 0.290 e. The Bertz CT molecular complexity index is 1290. The first-order chi connectivity index (χ1) is 14.5. The highest BCUT2D eigenvalue weighted by Gasteiger charge is 2.45. The fraction of sp³-hybridized carbons (Fsp3) is 0.0909. The van der Waals surface area contributed by atoms with Crippen LogP contribution >= 0.6 is 34.3 Å². The summed E-state index contributed by atoms with van der Waals surface area (Å²) in [6, 6.07) is 13.5. The third-order valence-corrected chi connectivity index (χ3v) is 6.99. The van der Waals surface area contributed by atoms with E-state index < -0.39 is 23.5 Å². The van der Waals surface area contributed by atoms with Crippen LogP contribution in [0.3, 0.4) is 0 Å². The van der Waals surface area contributed by atoms with Crippen molar-refractivity contribution in [1.29, 1.82) is 0 Å². The maximum Gasteiger partial charge on any atom is 0.290 e. The largest absolute Gasteiger partial charge is 0.503 e. The van der Waals surface area contributed by atoms with E-state index in [0.29, 0.717) is 22.5 Å². The van der Waals surface area contributed by atoms with Crippen molar-refractivity contribution in [3.63, 3.8) is 0 Å². The topological polar surface area (TPSA) is 70.8 Å². The minimum absolute atomic E-state index is 0.0316. The van der Waals surface area contributed by atoms with E-state index in [9.17, 15) is 14.7 Å². The second-order valence-corrected chi connectivity index (χ2v) is 9.26. The Morgan fingerprint density at radius 3 is 2.67 bits per heavy atom. The predicted octanol–water partition coefficient (Wildman–Crippen LogP) is 5.99. The summed E-state index contributed by atoms with van der Waals surface area (Å²) in [7, 11) is 0. The SMILES string of the molecule is O=C(C1=C(O)C(=O)N(Cc2cccs2)C1c1cccs1)c1cc2cc(Cl)ccc2o1. The standard InChI is InChI=1S/C22H14ClNO4S2/c23-13-5-6-15-12(9-13)10-16(28-15)20(25)18-19(17-4-2-8-30-17)24(22(27)21(18)26)11-14-3-1-7-29-14/h1-10,19,26H,11H2. The van der Waals surface area contributed by atoms with Crippen LogP contribution < -0.4 is 0 Å². The third-order valence-electron chi connectivity index (χ3n) is 4.97. The quantitative estimate of drug-likeness (QED) is 0.375. The van der Waals surface area contributed by atoms with Gasteiger partial charge in [0.05, 0.1) is 12.1 Å². The molecule has 1 aliphatic heterocycles. The molecule has 0 saturated carbocycles. The lowest BCUT2D eigenvalue weighted by molar-refractivity contribution is -0.129. The van der Waals surface area contributed by atoms with Crippen molar-refractivity contribution in [3.8, 4) is 0 Å². The van der Waals surface area contributed by atoms with Crippen LogP contribution in [-0.2, 0) is 11.3 Å². The Balaban J connectivity index is 1.58. The van der Waals surface area contributed by atoms with Crippen LogP contribution in [0, 0.1) is 0 Å². The first-order valence-corrected chi connectivity index (χ1v) is 11.2. The maximum absolute atomic E-state index is 13.4. The van der Waals surface area contributed by atoms with Gasteiger partial charge in [-0.25, -0.2) is 0 Å². The second kappa shape index (κ2) is 7.43. The Morgan fingerprint density at radius 2 is 1.93 bits per heavy atom. The van der Waals surface area contributed by atoms with Gasteiger partial charge in [-0.1, -0.05) is 23.7 Å². The van der Waals surface area contributed by atoms with Gasteiger partial charge in [-0.15, -0.1) is 22.7 Å². The molecule has 5 rings (SSSR count). The fourth-order valence-corrected chi connectivity index (χ4v) is 5.35. The van der Waals surface area contributed by atoms with E-state index in [1.54, 1.807) is 24.3 Å². The number of rotatable bonds is 5. The number of hydrogen-bond donors (Lipinski definition) is 1. The van der Waals surface area contributed by atoms with Crippen LogP contribution in [-0.4, -0.2) is 21.7 Å². The Labute approximate surface area is 184 Å². The van der Waals surface area contributed by atoms with Gasteiger partial charge in [0.25, 0.3) is 5.91 Å². The van der Waals surface area contributed by atoms with Crippen molar-refractivity contribution < 1.29 is 19.1 Å². The molecule has 4 aromatic rings. The van der Waals surface area contributed by atoms with E-state index >= 15 is 0 Å². The lowest BCUT2D eigenvalue weighted by Crippen LogP contribution is -2.29. The van der Waals surface area contributed by atoms with Gasteiger partial charge in [-0.05, 0) is 47.2 Å². The number of amides is 1. The fourth-order valence-electron chi connectivity index (χ4n) is 3.62. The van der Waals surface area contributed by atoms with Crippen molar-refractivity contribution in [2.24, 2.45) is 0 Å². The molecule has 0 spiro atoms. The summed E-state index contributed by atoms with van der Waals surface area (Å²) >= 11 is 8.97. The number of benzene rings is 1. The molecule has 4 heterocycles. The molecule has 150 valence electrons. The molecule has 0 fully saturated rings. The summed E-state index contributed by atoms with van der Waals surface area (Å²) in [6.07, 6.45) is 0. The molecule has 1 aromatic carbocycles. The van der Waals surface area contributed by atoms with Gasteiger partial charge in [0.15, 0.2) is 11.5 Å². The van der Waals surface area contributed by atoms with Crippen molar-refractivity contribution in [2.75, 3.05) is 0 Å². The molecule has 0 saturated heterocycles. The lowest BCUT2D eigenvalue weighted by atomic mass is 10.00. The van der Waals surface area contributed by atoms with E-state index in [1.807, 2.05) is 35.0 Å². The normalized spacial score (nSPS) is 16.8. The molecule has 3 aromatic heterocycles. The minimum atomic E-state index is -0.677. The first-order valence-electron chi connectivity index (χ1n) is 9.06. The molecule has 1 atom stereocenters. The van der Waals surface area contributed by atoms with Crippen LogP contribution in [0.5, 0.6) is 0 Å². The number of carbonyl (C=O) groups is 2. The maximum atomic E-state index is 13.4. The molecule has 0 radical (unpaired) electrons. The number of nitrogens with zero attached hydrogens (tertiary/aromatic N) is 1. The average Bonchev–Trinajstić information content (AvgIpc) is 3.52. The van der Waals surface area contributed by atoms with Crippen molar-refractivity contribution in [2.45, 2.75) is 12.6 Å². The van der Waals surface area contributed by atoms with Crippen LogP contribution in [0.2, 0.25) is 5.02 Å². The highest BCUT2D eigenvalue weighted by atomic mass is 35.5.